The van der Waals surface area contributed by atoms with Crippen LogP contribution in [0.4, 0.5) is 5.69 Å². The van der Waals surface area contributed by atoms with Gasteiger partial charge in [0.2, 0.25) is 0 Å². The minimum absolute atomic E-state index is 0.427. The summed E-state index contributed by atoms with van der Waals surface area (Å²) in [6.45, 7) is 0. The average molecular weight is 159 g/mol. The maximum absolute atomic E-state index is 5.54. The predicted octanol–water partition coefficient (Wildman–Crippen LogP) is 1.40. The summed E-state index contributed by atoms with van der Waals surface area (Å²) in [5, 5.41) is 2.99. The van der Waals surface area contributed by atoms with Crippen LogP contribution < -0.4 is 11.1 Å². The van der Waals surface area contributed by atoms with E-state index in [-0.39, 0.29) is 0 Å². The number of guanidine groups is 1. The van der Waals surface area contributed by atoms with Gasteiger partial charge in [-0.15, -0.1) is 0 Å². The number of fused-ring (bicyclic) bond motifs is 1. The molecule has 0 saturated carbocycles. The molecule has 0 aromatic heterocycles. The minimum atomic E-state index is 0.427. The van der Waals surface area contributed by atoms with Crippen molar-refractivity contribution >= 4 is 17.7 Å². The van der Waals surface area contributed by atoms with Crippen molar-refractivity contribution in [3.8, 4) is 0 Å². The number of hydrogen-bond acceptors (Lipinski definition) is 3. The Bertz CT molecular complexity index is 353. The van der Waals surface area contributed by atoms with E-state index in [0.717, 1.165) is 11.3 Å². The van der Waals surface area contributed by atoms with E-state index in [4.69, 9.17) is 5.73 Å². The van der Waals surface area contributed by atoms with Crippen LogP contribution in [0.3, 0.4) is 0 Å². The summed E-state index contributed by atoms with van der Waals surface area (Å²) in [6.07, 6.45) is 3.61. The molecule has 3 heteroatoms. The molecule has 1 aromatic carbocycles. The molecule has 0 radical (unpaired) electrons. The van der Waals surface area contributed by atoms with Crippen LogP contribution in [0, 0.1) is 0 Å². The standard InChI is InChI=1S/C9H9N3/c10-9-11-6-5-7-3-1-2-4-8(7)12-9/h1-6H,(H3,10,11,12). The van der Waals surface area contributed by atoms with Gasteiger partial charge in [0.15, 0.2) is 5.96 Å². The molecular formula is C9H9N3. The maximum atomic E-state index is 5.54. The Balaban J connectivity index is 2.49. The SMILES string of the molecule is NC1=NC=Cc2ccccc2N1. The number of nitrogens with zero attached hydrogens (tertiary/aromatic N) is 1. The minimum Gasteiger partial charge on any atom is -0.369 e. The highest BCUT2D eigenvalue weighted by molar-refractivity contribution is 5.96. The van der Waals surface area contributed by atoms with Crippen LogP contribution >= 0.6 is 0 Å². The number of anilines is 1. The highest BCUT2D eigenvalue weighted by Gasteiger charge is 2.01. The molecule has 1 aliphatic heterocycles. The smallest absolute Gasteiger partial charge is 0.197 e. The second-order valence-electron chi connectivity index (χ2n) is 2.54. The first-order chi connectivity index (χ1) is 5.86. The van der Waals surface area contributed by atoms with Gasteiger partial charge in [-0.25, -0.2) is 4.99 Å². The van der Waals surface area contributed by atoms with E-state index in [0.29, 0.717) is 5.96 Å². The third kappa shape index (κ3) is 1.16. The zero-order valence-corrected chi connectivity index (χ0v) is 6.49. The van der Waals surface area contributed by atoms with Crippen molar-refractivity contribution in [2.24, 2.45) is 10.7 Å². The van der Waals surface area contributed by atoms with E-state index in [1.807, 2.05) is 30.3 Å². The molecule has 0 aliphatic carbocycles. The van der Waals surface area contributed by atoms with Crippen molar-refractivity contribution in [2.45, 2.75) is 0 Å². The Labute approximate surface area is 70.6 Å². The lowest BCUT2D eigenvalue weighted by Crippen LogP contribution is -2.21. The second kappa shape index (κ2) is 2.70. The summed E-state index contributed by atoms with van der Waals surface area (Å²) in [7, 11) is 0. The first kappa shape index (κ1) is 6.91. The van der Waals surface area contributed by atoms with Gasteiger partial charge < -0.3 is 11.1 Å². The van der Waals surface area contributed by atoms with E-state index in [1.54, 1.807) is 6.20 Å². The Morgan fingerprint density at radius 1 is 1.25 bits per heavy atom. The van der Waals surface area contributed by atoms with Crippen molar-refractivity contribution < 1.29 is 0 Å². The molecule has 1 aliphatic rings. The number of nitrogens with one attached hydrogen (secondary N) is 1. The summed E-state index contributed by atoms with van der Waals surface area (Å²) in [4.78, 5) is 3.94. The van der Waals surface area contributed by atoms with Gasteiger partial charge in [-0.3, -0.25) is 0 Å². The zero-order valence-electron chi connectivity index (χ0n) is 6.49. The quantitative estimate of drug-likeness (QED) is 0.601. The van der Waals surface area contributed by atoms with E-state index < -0.39 is 0 Å². The highest BCUT2D eigenvalue weighted by Crippen LogP contribution is 2.17. The van der Waals surface area contributed by atoms with E-state index in [2.05, 4.69) is 10.3 Å². The largest absolute Gasteiger partial charge is 0.369 e. The van der Waals surface area contributed by atoms with Gasteiger partial charge in [0, 0.05) is 11.9 Å². The van der Waals surface area contributed by atoms with Crippen LogP contribution in [-0.2, 0) is 0 Å². The van der Waals surface area contributed by atoms with Crippen molar-refractivity contribution in [2.75, 3.05) is 5.32 Å². The monoisotopic (exact) mass is 159 g/mol. The van der Waals surface area contributed by atoms with Crippen molar-refractivity contribution in [1.29, 1.82) is 0 Å². The molecule has 3 N–H and O–H groups in total. The molecule has 0 atom stereocenters. The van der Waals surface area contributed by atoms with Crippen molar-refractivity contribution in [3.05, 3.63) is 36.0 Å². The van der Waals surface area contributed by atoms with Crippen LogP contribution in [0.25, 0.3) is 6.08 Å². The number of para-hydroxylation sites is 1. The topological polar surface area (TPSA) is 50.4 Å². The summed E-state index contributed by atoms with van der Waals surface area (Å²) >= 11 is 0. The Kier molecular flexibility index (Phi) is 1.55. The molecule has 12 heavy (non-hydrogen) atoms. The van der Waals surface area contributed by atoms with Crippen LogP contribution in [0.5, 0.6) is 0 Å². The van der Waals surface area contributed by atoms with Gasteiger partial charge in [0.05, 0.1) is 0 Å². The first-order valence-corrected chi connectivity index (χ1v) is 3.72. The summed E-state index contributed by atoms with van der Waals surface area (Å²) in [5.41, 5.74) is 7.63. The molecule has 1 aromatic rings. The molecule has 0 spiro atoms. The van der Waals surface area contributed by atoms with Gasteiger partial charge in [-0.1, -0.05) is 18.2 Å². The average Bonchev–Trinajstić information content (AvgIpc) is 2.25. The molecule has 0 saturated heterocycles. The fraction of sp³-hybridized carbons (Fsp3) is 0. The van der Waals surface area contributed by atoms with E-state index in [1.165, 1.54) is 0 Å². The van der Waals surface area contributed by atoms with Crippen molar-refractivity contribution in [1.82, 2.24) is 0 Å². The van der Waals surface area contributed by atoms with E-state index >= 15 is 0 Å². The number of aliphatic imine (C=N–C) groups is 1. The molecule has 60 valence electrons. The third-order valence-electron chi connectivity index (χ3n) is 1.69. The Morgan fingerprint density at radius 2 is 2.08 bits per heavy atom. The number of nitrogens with two attached hydrogens (primary N) is 1. The van der Waals surface area contributed by atoms with Gasteiger partial charge in [-0.2, -0.15) is 0 Å². The van der Waals surface area contributed by atoms with Gasteiger partial charge in [-0.05, 0) is 17.7 Å². The van der Waals surface area contributed by atoms with Crippen LogP contribution in [0.1, 0.15) is 5.56 Å². The zero-order chi connectivity index (χ0) is 8.39. The third-order valence-corrected chi connectivity index (χ3v) is 1.69. The number of rotatable bonds is 0. The highest BCUT2D eigenvalue weighted by atomic mass is 15.1. The Morgan fingerprint density at radius 3 is 3.00 bits per heavy atom. The summed E-state index contributed by atoms with van der Waals surface area (Å²) in [5.74, 6) is 0.427. The summed E-state index contributed by atoms with van der Waals surface area (Å²) < 4.78 is 0. The maximum Gasteiger partial charge on any atom is 0.197 e. The predicted molar refractivity (Wildman–Crippen MR) is 50.7 cm³/mol. The second-order valence-corrected chi connectivity index (χ2v) is 2.54. The lowest BCUT2D eigenvalue weighted by Gasteiger charge is -2.04. The molecule has 0 bridgehead atoms. The summed E-state index contributed by atoms with van der Waals surface area (Å²) in [6, 6.07) is 7.91. The van der Waals surface area contributed by atoms with Crippen LogP contribution in [0.15, 0.2) is 35.5 Å². The molecule has 0 fully saturated rings. The lowest BCUT2D eigenvalue weighted by atomic mass is 10.2. The van der Waals surface area contributed by atoms with Crippen LogP contribution in [-0.4, -0.2) is 5.96 Å². The van der Waals surface area contributed by atoms with Gasteiger partial charge in [0.25, 0.3) is 0 Å². The van der Waals surface area contributed by atoms with Crippen molar-refractivity contribution in [3.63, 3.8) is 0 Å². The fourth-order valence-electron chi connectivity index (χ4n) is 1.12. The number of benzene rings is 1. The Hall–Kier alpha value is -1.77. The van der Waals surface area contributed by atoms with Crippen LogP contribution in [0.2, 0.25) is 0 Å². The first-order valence-electron chi connectivity index (χ1n) is 3.72. The lowest BCUT2D eigenvalue weighted by molar-refractivity contribution is 1.48. The van der Waals surface area contributed by atoms with E-state index in [9.17, 15) is 0 Å². The normalized spacial score (nSPS) is 14.2. The fourth-order valence-corrected chi connectivity index (χ4v) is 1.12. The molecule has 2 rings (SSSR count). The molecule has 0 unspecified atom stereocenters. The molecule has 3 nitrogen and oxygen atoms in total. The van der Waals surface area contributed by atoms with Gasteiger partial charge in [0.1, 0.15) is 0 Å². The molecular weight excluding hydrogens is 150 g/mol. The molecule has 0 amide bonds. The number of hydrogen-bond donors (Lipinski definition) is 2. The molecule has 1 heterocycles. The van der Waals surface area contributed by atoms with Gasteiger partial charge >= 0.3 is 0 Å².